The number of benzene rings is 2. The molecule has 2 aromatic rings. The van der Waals surface area contributed by atoms with Gasteiger partial charge in [-0.3, -0.25) is 9.59 Å². The molecule has 0 aliphatic rings. The predicted octanol–water partition coefficient (Wildman–Crippen LogP) is 5.04. The molecule has 2 unspecified atom stereocenters. The maximum atomic E-state index is 14.2. The van der Waals surface area contributed by atoms with Gasteiger partial charge in [0.2, 0.25) is 11.8 Å². The Morgan fingerprint density at radius 2 is 1.80 bits per heavy atom. The van der Waals surface area contributed by atoms with Crippen molar-refractivity contribution < 1.29 is 14.0 Å². The lowest BCUT2D eigenvalue weighted by molar-refractivity contribution is -0.139. The third-order valence-corrected chi connectivity index (χ3v) is 6.11. The summed E-state index contributed by atoms with van der Waals surface area (Å²) in [6, 6.07) is 13.1. The number of hydrogen-bond donors (Lipinski definition) is 1. The monoisotopic (exact) mass is 450 g/mol. The van der Waals surface area contributed by atoms with Crippen LogP contribution in [0, 0.1) is 5.82 Å². The van der Waals surface area contributed by atoms with E-state index in [1.54, 1.807) is 25.1 Å². The summed E-state index contributed by atoms with van der Waals surface area (Å²) in [6.45, 7) is 5.61. The Hall–Kier alpha value is -2.05. The zero-order chi connectivity index (χ0) is 22.1. The average Bonchev–Trinajstić information content (AvgIpc) is 2.73. The minimum Gasteiger partial charge on any atom is -0.352 e. The molecule has 2 aromatic carbocycles. The Bertz CT molecular complexity index is 847. The van der Waals surface area contributed by atoms with Gasteiger partial charge in [0, 0.05) is 28.9 Å². The van der Waals surface area contributed by atoms with Gasteiger partial charge in [0.1, 0.15) is 11.9 Å². The van der Waals surface area contributed by atoms with E-state index < -0.39 is 11.9 Å². The van der Waals surface area contributed by atoms with Crippen molar-refractivity contribution in [1.82, 2.24) is 10.2 Å². The zero-order valence-electron chi connectivity index (χ0n) is 17.5. The molecule has 2 atom stereocenters. The molecule has 162 valence electrons. The first kappa shape index (κ1) is 24.2. The quantitative estimate of drug-likeness (QED) is 0.551. The molecule has 4 nitrogen and oxygen atoms in total. The Kier molecular flexibility index (Phi) is 9.66. The molecule has 0 radical (unpaired) electrons. The molecule has 2 amide bonds. The Morgan fingerprint density at radius 1 is 1.13 bits per heavy atom. The number of amides is 2. The lowest BCUT2D eigenvalue weighted by atomic mass is 10.1. The molecule has 7 heteroatoms. The molecule has 0 spiro atoms. The second-order valence-corrected chi connectivity index (χ2v) is 8.65. The summed E-state index contributed by atoms with van der Waals surface area (Å²) in [5.74, 6) is 0.00136. The molecular weight excluding hydrogens is 423 g/mol. The second-order valence-electron chi connectivity index (χ2n) is 7.23. The first-order chi connectivity index (χ1) is 14.3. The van der Waals surface area contributed by atoms with Crippen LogP contribution in [0.4, 0.5) is 4.39 Å². The highest BCUT2D eigenvalue weighted by molar-refractivity contribution is 7.99. The number of hydrogen-bond acceptors (Lipinski definition) is 3. The summed E-state index contributed by atoms with van der Waals surface area (Å²) in [5, 5.41) is 3.57. The highest BCUT2D eigenvalue weighted by Crippen LogP contribution is 2.18. The number of carbonyl (C=O) groups is 2. The van der Waals surface area contributed by atoms with E-state index in [1.165, 1.54) is 22.7 Å². The van der Waals surface area contributed by atoms with Gasteiger partial charge in [0.05, 0.1) is 5.75 Å². The minimum atomic E-state index is -0.706. The minimum absolute atomic E-state index is 0.00430. The van der Waals surface area contributed by atoms with Crippen LogP contribution < -0.4 is 5.32 Å². The van der Waals surface area contributed by atoms with Crippen LogP contribution in [0.25, 0.3) is 0 Å². The number of halogens is 2. The Balaban J connectivity index is 2.08. The normalized spacial score (nSPS) is 12.8. The Labute approximate surface area is 187 Å². The van der Waals surface area contributed by atoms with Crippen LogP contribution in [0.1, 0.15) is 38.3 Å². The molecule has 0 aromatic heterocycles. The summed E-state index contributed by atoms with van der Waals surface area (Å²) >= 11 is 7.35. The van der Waals surface area contributed by atoms with E-state index in [0.717, 1.165) is 12.0 Å². The summed E-state index contributed by atoms with van der Waals surface area (Å²) < 4.78 is 14.2. The van der Waals surface area contributed by atoms with E-state index in [1.807, 2.05) is 38.1 Å². The van der Waals surface area contributed by atoms with Gasteiger partial charge in [-0.1, -0.05) is 48.9 Å². The first-order valence-electron chi connectivity index (χ1n) is 9.97. The van der Waals surface area contributed by atoms with Crippen molar-refractivity contribution in [2.45, 2.75) is 51.6 Å². The number of carbonyl (C=O) groups excluding carboxylic acids is 2. The summed E-state index contributed by atoms with van der Waals surface area (Å²) in [4.78, 5) is 27.1. The average molecular weight is 451 g/mol. The molecule has 0 fully saturated rings. The smallest absolute Gasteiger partial charge is 0.242 e. The van der Waals surface area contributed by atoms with E-state index in [-0.39, 0.29) is 30.2 Å². The van der Waals surface area contributed by atoms with E-state index in [0.29, 0.717) is 16.3 Å². The van der Waals surface area contributed by atoms with Crippen LogP contribution >= 0.6 is 23.4 Å². The van der Waals surface area contributed by atoms with Crippen LogP contribution in [0.5, 0.6) is 0 Å². The van der Waals surface area contributed by atoms with Gasteiger partial charge in [-0.2, -0.15) is 0 Å². The van der Waals surface area contributed by atoms with Gasteiger partial charge in [-0.05, 0) is 44.0 Å². The van der Waals surface area contributed by atoms with Crippen molar-refractivity contribution in [2.24, 2.45) is 0 Å². The van der Waals surface area contributed by atoms with Crippen LogP contribution in [0.15, 0.2) is 48.5 Å². The topological polar surface area (TPSA) is 49.4 Å². The van der Waals surface area contributed by atoms with Crippen molar-refractivity contribution in [3.63, 3.8) is 0 Å². The highest BCUT2D eigenvalue weighted by atomic mass is 35.5. The zero-order valence-corrected chi connectivity index (χ0v) is 19.1. The lowest BCUT2D eigenvalue weighted by Crippen LogP contribution is -2.50. The number of nitrogens with zero attached hydrogens (tertiary/aromatic N) is 1. The number of nitrogens with one attached hydrogen (secondary N) is 1. The molecule has 0 saturated carbocycles. The number of rotatable bonds is 10. The number of thioether (sulfide) groups is 1. The predicted molar refractivity (Wildman–Crippen MR) is 122 cm³/mol. The second kappa shape index (κ2) is 12.0. The van der Waals surface area contributed by atoms with E-state index >= 15 is 0 Å². The van der Waals surface area contributed by atoms with Crippen molar-refractivity contribution >= 4 is 35.2 Å². The molecule has 0 heterocycles. The van der Waals surface area contributed by atoms with Crippen molar-refractivity contribution in [3.05, 3.63) is 70.5 Å². The van der Waals surface area contributed by atoms with Crippen LogP contribution in [-0.2, 0) is 21.9 Å². The van der Waals surface area contributed by atoms with Gasteiger partial charge in [-0.25, -0.2) is 4.39 Å². The fraction of sp³-hybridized carbons (Fsp3) is 0.391. The van der Waals surface area contributed by atoms with E-state index in [4.69, 9.17) is 11.6 Å². The largest absolute Gasteiger partial charge is 0.352 e. The van der Waals surface area contributed by atoms with Gasteiger partial charge in [0.15, 0.2) is 0 Å². The third kappa shape index (κ3) is 7.33. The summed E-state index contributed by atoms with van der Waals surface area (Å²) in [6.07, 6.45) is 0.788. The van der Waals surface area contributed by atoms with Crippen LogP contribution in [0.3, 0.4) is 0 Å². The third-order valence-electron chi connectivity index (χ3n) is 4.87. The molecule has 30 heavy (non-hydrogen) atoms. The molecule has 0 aliphatic heterocycles. The molecule has 2 rings (SSSR count). The van der Waals surface area contributed by atoms with Crippen molar-refractivity contribution in [1.29, 1.82) is 0 Å². The fourth-order valence-corrected chi connectivity index (χ4v) is 3.77. The van der Waals surface area contributed by atoms with E-state index in [2.05, 4.69) is 5.32 Å². The van der Waals surface area contributed by atoms with Crippen molar-refractivity contribution in [2.75, 3.05) is 5.75 Å². The molecule has 0 saturated heterocycles. The van der Waals surface area contributed by atoms with E-state index in [9.17, 15) is 14.0 Å². The highest BCUT2D eigenvalue weighted by Gasteiger charge is 2.27. The maximum absolute atomic E-state index is 14.2. The fourth-order valence-electron chi connectivity index (χ4n) is 2.78. The molecule has 0 bridgehead atoms. The summed E-state index contributed by atoms with van der Waals surface area (Å²) in [5.41, 5.74) is 1.44. The van der Waals surface area contributed by atoms with Gasteiger partial charge in [0.25, 0.3) is 0 Å². The molecule has 1 N–H and O–H groups in total. The molecular formula is C23H28ClFN2O2S. The van der Waals surface area contributed by atoms with Crippen LogP contribution in [0.2, 0.25) is 5.02 Å². The summed E-state index contributed by atoms with van der Waals surface area (Å²) in [7, 11) is 0. The van der Waals surface area contributed by atoms with Crippen LogP contribution in [-0.4, -0.2) is 34.6 Å². The maximum Gasteiger partial charge on any atom is 0.242 e. The first-order valence-corrected chi connectivity index (χ1v) is 11.5. The van der Waals surface area contributed by atoms with Crippen molar-refractivity contribution in [3.8, 4) is 0 Å². The molecule has 0 aliphatic carbocycles. The standard InChI is InChI=1S/C23H28ClFN2O2S/c1-4-16(2)26-23(29)17(3)27(13-19-7-5-6-8-21(19)25)22(28)15-30-14-18-9-11-20(24)12-10-18/h5-12,16-17H,4,13-15H2,1-3H3,(H,26,29). The van der Waals surface area contributed by atoms with Gasteiger partial charge >= 0.3 is 0 Å². The Morgan fingerprint density at radius 3 is 2.43 bits per heavy atom. The SMILES string of the molecule is CCC(C)NC(=O)C(C)N(Cc1ccccc1F)C(=O)CSCc1ccc(Cl)cc1. The van der Waals surface area contributed by atoms with Gasteiger partial charge in [-0.15, -0.1) is 11.8 Å². The lowest BCUT2D eigenvalue weighted by Gasteiger charge is -2.29. The van der Waals surface area contributed by atoms with Gasteiger partial charge < -0.3 is 10.2 Å².